The van der Waals surface area contributed by atoms with E-state index in [4.69, 9.17) is 14.9 Å². The largest absolute Gasteiger partial charge is 0.457 e. The van der Waals surface area contributed by atoms with Gasteiger partial charge in [0.1, 0.15) is 11.5 Å². The van der Waals surface area contributed by atoms with Crippen molar-refractivity contribution in [3.8, 4) is 45.4 Å². The quantitative estimate of drug-likeness (QED) is 0.206. The normalized spacial score (nSPS) is 11.3. The van der Waals surface area contributed by atoms with Crippen LogP contribution in [0.3, 0.4) is 0 Å². The molecule has 0 N–H and O–H groups in total. The van der Waals surface area contributed by atoms with Gasteiger partial charge in [0.15, 0.2) is 0 Å². The minimum Gasteiger partial charge on any atom is -0.457 e. The molecule has 8 aromatic rings. The van der Waals surface area contributed by atoms with Gasteiger partial charge >= 0.3 is 0 Å². The second kappa shape index (κ2) is 10.5. The summed E-state index contributed by atoms with van der Waals surface area (Å²) in [6.07, 6.45) is 0. The molecule has 0 aliphatic rings. The van der Waals surface area contributed by atoms with Crippen molar-refractivity contribution in [2.75, 3.05) is 0 Å². The minimum atomic E-state index is 0.724. The Morgan fingerprint density at radius 2 is 0.814 bits per heavy atom. The monoisotopic (exact) mass is 554 g/mol. The van der Waals surface area contributed by atoms with Crippen molar-refractivity contribution in [2.24, 2.45) is 0 Å². The lowest BCUT2D eigenvalue weighted by Gasteiger charge is -2.12. The summed E-state index contributed by atoms with van der Waals surface area (Å²) in [6, 6.07) is 53.4. The van der Waals surface area contributed by atoms with Gasteiger partial charge < -0.3 is 4.74 Å². The maximum Gasteiger partial charge on any atom is 0.129 e. The molecule has 0 radical (unpaired) electrons. The van der Waals surface area contributed by atoms with Crippen LogP contribution in [0.15, 0.2) is 158 Å². The van der Waals surface area contributed by atoms with Crippen molar-refractivity contribution in [3.63, 3.8) is 0 Å². The van der Waals surface area contributed by atoms with Crippen LogP contribution in [0.5, 0.6) is 11.5 Å². The number of benzene rings is 6. The SMILES string of the molecule is c1ccc(-c2c3ccccc3nn2-c2cccc(Oc3cccc(-n4nc5ccccc5c4-c4ccccc4)c3)c2)cc1. The lowest BCUT2D eigenvalue weighted by atomic mass is 10.1. The summed E-state index contributed by atoms with van der Waals surface area (Å²) in [7, 11) is 0. The average molecular weight is 555 g/mol. The van der Waals surface area contributed by atoms with Gasteiger partial charge in [-0.25, -0.2) is 9.36 Å². The van der Waals surface area contributed by atoms with E-state index in [1.807, 2.05) is 82.2 Å². The van der Waals surface area contributed by atoms with Gasteiger partial charge in [-0.2, -0.15) is 10.2 Å². The molecule has 0 saturated carbocycles. The van der Waals surface area contributed by atoms with Crippen LogP contribution in [-0.4, -0.2) is 19.6 Å². The van der Waals surface area contributed by atoms with E-state index in [-0.39, 0.29) is 0 Å². The van der Waals surface area contributed by atoms with E-state index in [1.165, 1.54) is 0 Å². The molecule has 43 heavy (non-hydrogen) atoms. The van der Waals surface area contributed by atoms with Crippen LogP contribution >= 0.6 is 0 Å². The fourth-order valence-electron chi connectivity index (χ4n) is 5.68. The first-order valence-electron chi connectivity index (χ1n) is 14.3. The molecule has 0 saturated heterocycles. The summed E-state index contributed by atoms with van der Waals surface area (Å²) in [5, 5.41) is 12.2. The summed E-state index contributed by atoms with van der Waals surface area (Å²) < 4.78 is 10.5. The third kappa shape index (κ3) is 4.53. The first-order valence-corrected chi connectivity index (χ1v) is 14.3. The van der Waals surface area contributed by atoms with Crippen LogP contribution in [-0.2, 0) is 0 Å². The highest BCUT2D eigenvalue weighted by molar-refractivity contribution is 5.95. The molecule has 0 aliphatic carbocycles. The second-order valence-electron chi connectivity index (χ2n) is 10.4. The van der Waals surface area contributed by atoms with E-state index in [2.05, 4.69) is 84.9 Å². The minimum absolute atomic E-state index is 0.724. The van der Waals surface area contributed by atoms with Crippen molar-refractivity contribution in [1.29, 1.82) is 0 Å². The van der Waals surface area contributed by atoms with E-state index in [1.54, 1.807) is 0 Å². The molecule has 0 unspecified atom stereocenters. The van der Waals surface area contributed by atoms with Gasteiger partial charge in [0, 0.05) is 34.0 Å². The Kier molecular flexibility index (Phi) is 6.05. The van der Waals surface area contributed by atoms with Crippen LogP contribution in [0.2, 0.25) is 0 Å². The van der Waals surface area contributed by atoms with Gasteiger partial charge in [-0.1, -0.05) is 109 Å². The standard InChI is InChI=1S/C38H26N4O/c1-3-13-27(14-4-1)37-33-21-7-9-23-35(33)39-41(37)29-17-11-19-31(25-29)43-32-20-12-18-30(26-32)42-38(28-15-5-2-6-16-28)34-22-8-10-24-36(34)40-42/h1-26H. The maximum absolute atomic E-state index is 6.46. The molecule has 0 fully saturated rings. The number of hydrogen-bond donors (Lipinski definition) is 0. The predicted octanol–water partition coefficient (Wildman–Crippen LogP) is 9.49. The molecule has 5 nitrogen and oxygen atoms in total. The highest BCUT2D eigenvalue weighted by Gasteiger charge is 2.17. The third-order valence-corrected chi connectivity index (χ3v) is 7.61. The molecule has 0 spiro atoms. The number of hydrogen-bond acceptors (Lipinski definition) is 3. The van der Waals surface area contributed by atoms with E-state index in [0.29, 0.717) is 0 Å². The van der Waals surface area contributed by atoms with Crippen LogP contribution in [0, 0.1) is 0 Å². The van der Waals surface area contributed by atoms with Gasteiger partial charge in [-0.3, -0.25) is 0 Å². The lowest BCUT2D eigenvalue weighted by molar-refractivity contribution is 0.482. The Labute approximate surface area is 248 Å². The van der Waals surface area contributed by atoms with Crippen molar-refractivity contribution in [2.45, 2.75) is 0 Å². The number of nitrogens with zero attached hydrogens (tertiary/aromatic N) is 4. The fourth-order valence-corrected chi connectivity index (χ4v) is 5.68. The van der Waals surface area contributed by atoms with Gasteiger partial charge in [0.2, 0.25) is 0 Å². The number of fused-ring (bicyclic) bond motifs is 2. The van der Waals surface area contributed by atoms with E-state index < -0.39 is 0 Å². The average Bonchev–Trinajstić information content (AvgIpc) is 3.65. The molecular weight excluding hydrogens is 528 g/mol. The molecule has 0 atom stereocenters. The van der Waals surface area contributed by atoms with Crippen molar-refractivity contribution in [1.82, 2.24) is 19.6 Å². The Balaban J connectivity index is 1.18. The molecule has 204 valence electrons. The summed E-state index contributed by atoms with van der Waals surface area (Å²) in [5.41, 5.74) is 8.06. The Morgan fingerprint density at radius 1 is 0.395 bits per heavy atom. The number of ether oxygens (including phenoxy) is 1. The molecule has 8 rings (SSSR count). The zero-order valence-electron chi connectivity index (χ0n) is 23.2. The van der Waals surface area contributed by atoms with E-state index >= 15 is 0 Å². The fraction of sp³-hybridized carbons (Fsp3) is 0. The predicted molar refractivity (Wildman–Crippen MR) is 173 cm³/mol. The van der Waals surface area contributed by atoms with Gasteiger partial charge in [0.25, 0.3) is 0 Å². The number of aromatic nitrogens is 4. The summed E-state index contributed by atoms with van der Waals surface area (Å²) in [6.45, 7) is 0. The second-order valence-corrected chi connectivity index (χ2v) is 10.4. The first-order chi connectivity index (χ1) is 21.3. The van der Waals surface area contributed by atoms with Gasteiger partial charge in [-0.15, -0.1) is 0 Å². The molecule has 0 bridgehead atoms. The lowest BCUT2D eigenvalue weighted by Crippen LogP contribution is -2.00. The Bertz CT molecular complexity index is 2060. The zero-order valence-corrected chi connectivity index (χ0v) is 23.2. The van der Waals surface area contributed by atoms with Crippen LogP contribution in [0.1, 0.15) is 0 Å². The Morgan fingerprint density at radius 3 is 1.28 bits per heavy atom. The molecule has 2 heterocycles. The number of rotatable bonds is 6. The van der Waals surface area contributed by atoms with E-state index in [9.17, 15) is 0 Å². The first kappa shape index (κ1) is 24.8. The Hall–Kier alpha value is -5.94. The van der Waals surface area contributed by atoms with Crippen molar-refractivity contribution < 1.29 is 4.74 Å². The van der Waals surface area contributed by atoms with Crippen LogP contribution in [0.25, 0.3) is 55.7 Å². The summed E-state index contributed by atoms with van der Waals surface area (Å²) in [4.78, 5) is 0. The molecule has 6 aromatic carbocycles. The third-order valence-electron chi connectivity index (χ3n) is 7.61. The summed E-state index contributed by atoms with van der Waals surface area (Å²) in [5.74, 6) is 1.45. The highest BCUT2D eigenvalue weighted by Crippen LogP contribution is 2.34. The highest BCUT2D eigenvalue weighted by atomic mass is 16.5. The maximum atomic E-state index is 6.46. The van der Waals surface area contributed by atoms with Crippen molar-refractivity contribution in [3.05, 3.63) is 158 Å². The van der Waals surface area contributed by atoms with Gasteiger partial charge in [-0.05, 0) is 36.4 Å². The van der Waals surface area contributed by atoms with Crippen LogP contribution in [0.4, 0.5) is 0 Å². The molecular formula is C38H26N4O. The molecule has 0 amide bonds. The van der Waals surface area contributed by atoms with Crippen LogP contribution < -0.4 is 4.74 Å². The van der Waals surface area contributed by atoms with Gasteiger partial charge in [0.05, 0.1) is 33.8 Å². The molecule has 5 heteroatoms. The smallest absolute Gasteiger partial charge is 0.129 e. The van der Waals surface area contributed by atoms with E-state index in [0.717, 1.165) is 67.2 Å². The molecule has 2 aromatic heterocycles. The van der Waals surface area contributed by atoms with Crippen molar-refractivity contribution >= 4 is 21.8 Å². The zero-order chi connectivity index (χ0) is 28.6. The topological polar surface area (TPSA) is 44.9 Å². The summed E-state index contributed by atoms with van der Waals surface area (Å²) >= 11 is 0. The molecule has 0 aliphatic heterocycles.